The van der Waals surface area contributed by atoms with E-state index in [0.29, 0.717) is 0 Å². The number of carboxylic acids is 1. The zero-order valence-corrected chi connectivity index (χ0v) is 8.35. The van der Waals surface area contributed by atoms with Gasteiger partial charge in [-0.2, -0.15) is 0 Å². The Balaban J connectivity index is 2.94. The summed E-state index contributed by atoms with van der Waals surface area (Å²) in [6, 6.07) is 4.71. The largest absolute Gasteiger partial charge is 0.501 e. The first kappa shape index (κ1) is 10.2. The van der Waals surface area contributed by atoms with E-state index < -0.39 is 22.9 Å². The molecule has 0 saturated heterocycles. The lowest BCUT2D eigenvalue weighted by Gasteiger charge is -2.02. The number of aryl methyl sites for hydroxylation is 1. The van der Waals surface area contributed by atoms with Gasteiger partial charge in [0.15, 0.2) is 0 Å². The van der Waals surface area contributed by atoms with E-state index >= 15 is 0 Å². The molecule has 0 fully saturated rings. The second-order valence-corrected chi connectivity index (χ2v) is 3.41. The molecule has 2 rings (SSSR count). The van der Waals surface area contributed by atoms with Crippen LogP contribution in [0.5, 0.6) is 5.75 Å². The molecule has 0 saturated carbocycles. The first-order chi connectivity index (χ1) is 7.50. The number of benzene rings is 1. The lowest BCUT2D eigenvalue weighted by Crippen LogP contribution is -2.08. The molecule has 5 nitrogen and oxygen atoms in total. The molecule has 0 aliphatic rings. The SMILES string of the molecule is Cc1ccc2c(=O)c(O)c(C(=O)O)oc2c1. The Bertz CT molecular complexity index is 639. The molecule has 2 aromatic rings. The third kappa shape index (κ3) is 1.42. The van der Waals surface area contributed by atoms with E-state index in [1.165, 1.54) is 6.07 Å². The van der Waals surface area contributed by atoms with Crippen LogP contribution in [-0.2, 0) is 0 Å². The second-order valence-electron chi connectivity index (χ2n) is 3.41. The fourth-order valence-electron chi connectivity index (χ4n) is 1.44. The second kappa shape index (κ2) is 3.37. The maximum Gasteiger partial charge on any atom is 0.375 e. The van der Waals surface area contributed by atoms with E-state index in [4.69, 9.17) is 9.52 Å². The quantitative estimate of drug-likeness (QED) is 0.760. The highest BCUT2D eigenvalue weighted by atomic mass is 16.4. The van der Waals surface area contributed by atoms with Crippen LogP contribution >= 0.6 is 0 Å². The normalized spacial score (nSPS) is 10.6. The topological polar surface area (TPSA) is 87.7 Å². The van der Waals surface area contributed by atoms with Crippen molar-refractivity contribution in [3.63, 3.8) is 0 Å². The smallest absolute Gasteiger partial charge is 0.375 e. The van der Waals surface area contributed by atoms with E-state index in [2.05, 4.69) is 0 Å². The minimum absolute atomic E-state index is 0.153. The van der Waals surface area contributed by atoms with Gasteiger partial charge >= 0.3 is 5.97 Å². The van der Waals surface area contributed by atoms with Gasteiger partial charge in [0, 0.05) is 0 Å². The van der Waals surface area contributed by atoms with Crippen molar-refractivity contribution < 1.29 is 19.4 Å². The standard InChI is InChI=1S/C11H8O5/c1-5-2-3-6-7(4-5)16-10(11(14)15)9(13)8(6)12/h2-4,13H,1H3,(H,14,15). The maximum atomic E-state index is 11.6. The van der Waals surface area contributed by atoms with Gasteiger partial charge in [0.05, 0.1) is 5.39 Å². The molecule has 0 bridgehead atoms. The fourth-order valence-corrected chi connectivity index (χ4v) is 1.44. The zero-order valence-electron chi connectivity index (χ0n) is 8.35. The molecule has 1 aromatic carbocycles. The molecular formula is C11H8O5. The number of aromatic carboxylic acids is 1. The number of carbonyl (C=O) groups is 1. The highest BCUT2D eigenvalue weighted by molar-refractivity contribution is 5.91. The Morgan fingerprint density at radius 2 is 2.06 bits per heavy atom. The molecule has 0 aliphatic carbocycles. The highest BCUT2D eigenvalue weighted by Gasteiger charge is 2.18. The van der Waals surface area contributed by atoms with Crippen LogP contribution in [-0.4, -0.2) is 16.2 Å². The maximum absolute atomic E-state index is 11.6. The monoisotopic (exact) mass is 220 g/mol. The van der Waals surface area contributed by atoms with E-state index in [0.717, 1.165) is 5.56 Å². The van der Waals surface area contributed by atoms with Gasteiger partial charge in [0.25, 0.3) is 5.76 Å². The van der Waals surface area contributed by atoms with Crippen molar-refractivity contribution in [1.82, 2.24) is 0 Å². The van der Waals surface area contributed by atoms with Crippen molar-refractivity contribution in [3.8, 4) is 5.75 Å². The average molecular weight is 220 g/mol. The molecular weight excluding hydrogens is 212 g/mol. The molecule has 1 heterocycles. The number of hydrogen-bond donors (Lipinski definition) is 2. The average Bonchev–Trinajstić information content (AvgIpc) is 2.22. The van der Waals surface area contributed by atoms with Crippen molar-refractivity contribution in [1.29, 1.82) is 0 Å². The summed E-state index contributed by atoms with van der Waals surface area (Å²) in [6.45, 7) is 1.78. The molecule has 0 atom stereocenters. The predicted molar refractivity (Wildman–Crippen MR) is 55.8 cm³/mol. The first-order valence-electron chi connectivity index (χ1n) is 4.50. The summed E-state index contributed by atoms with van der Waals surface area (Å²) < 4.78 is 4.97. The van der Waals surface area contributed by atoms with Gasteiger partial charge in [0.1, 0.15) is 5.58 Å². The molecule has 0 aliphatic heterocycles. The Hall–Kier alpha value is -2.30. The predicted octanol–water partition coefficient (Wildman–Crippen LogP) is 1.51. The third-order valence-electron chi connectivity index (χ3n) is 2.22. The first-order valence-corrected chi connectivity index (χ1v) is 4.50. The molecule has 82 valence electrons. The van der Waals surface area contributed by atoms with Gasteiger partial charge in [-0.15, -0.1) is 0 Å². The lowest BCUT2D eigenvalue weighted by molar-refractivity contribution is 0.0657. The van der Waals surface area contributed by atoms with Gasteiger partial charge in [-0.1, -0.05) is 6.07 Å². The molecule has 0 amide bonds. The number of fused-ring (bicyclic) bond motifs is 1. The third-order valence-corrected chi connectivity index (χ3v) is 2.22. The summed E-state index contributed by atoms with van der Waals surface area (Å²) in [4.78, 5) is 22.3. The van der Waals surface area contributed by atoms with Crippen LogP contribution in [0.3, 0.4) is 0 Å². The summed E-state index contributed by atoms with van der Waals surface area (Å²) >= 11 is 0. The van der Waals surface area contributed by atoms with Crippen LogP contribution in [0.15, 0.2) is 27.4 Å². The van der Waals surface area contributed by atoms with Crippen LogP contribution < -0.4 is 5.43 Å². The van der Waals surface area contributed by atoms with Gasteiger partial charge in [-0.3, -0.25) is 4.79 Å². The van der Waals surface area contributed by atoms with Crippen molar-refractivity contribution in [2.75, 3.05) is 0 Å². The van der Waals surface area contributed by atoms with Gasteiger partial charge in [0.2, 0.25) is 11.2 Å². The van der Waals surface area contributed by atoms with Crippen LogP contribution in [0, 0.1) is 6.92 Å². The molecule has 16 heavy (non-hydrogen) atoms. The summed E-state index contributed by atoms with van der Waals surface area (Å²) in [5.41, 5.74) is 0.247. The lowest BCUT2D eigenvalue weighted by atomic mass is 10.1. The Morgan fingerprint density at radius 1 is 1.38 bits per heavy atom. The van der Waals surface area contributed by atoms with Crippen molar-refractivity contribution in [2.45, 2.75) is 6.92 Å². The molecule has 0 unspecified atom stereocenters. The molecule has 0 radical (unpaired) electrons. The Morgan fingerprint density at radius 3 is 2.69 bits per heavy atom. The van der Waals surface area contributed by atoms with E-state index in [9.17, 15) is 14.7 Å². The summed E-state index contributed by atoms with van der Waals surface area (Å²) in [7, 11) is 0. The summed E-state index contributed by atoms with van der Waals surface area (Å²) in [5, 5.41) is 18.2. The van der Waals surface area contributed by atoms with Crippen molar-refractivity contribution in [2.24, 2.45) is 0 Å². The molecule has 0 spiro atoms. The zero-order chi connectivity index (χ0) is 11.9. The molecule has 5 heteroatoms. The summed E-state index contributed by atoms with van der Waals surface area (Å²) in [5.74, 6) is -3.08. The van der Waals surface area contributed by atoms with Crippen molar-refractivity contribution >= 4 is 16.9 Å². The summed E-state index contributed by atoms with van der Waals surface area (Å²) in [6.07, 6.45) is 0. The van der Waals surface area contributed by atoms with E-state index in [1.54, 1.807) is 19.1 Å². The minimum atomic E-state index is -1.47. The Kier molecular flexibility index (Phi) is 2.16. The van der Waals surface area contributed by atoms with Crippen LogP contribution in [0.1, 0.15) is 16.1 Å². The van der Waals surface area contributed by atoms with Crippen LogP contribution in [0.4, 0.5) is 0 Å². The number of rotatable bonds is 1. The van der Waals surface area contributed by atoms with Gasteiger partial charge < -0.3 is 14.6 Å². The molecule has 1 aromatic heterocycles. The van der Waals surface area contributed by atoms with Gasteiger partial charge in [-0.25, -0.2) is 4.79 Å². The number of hydrogen-bond acceptors (Lipinski definition) is 4. The van der Waals surface area contributed by atoms with Gasteiger partial charge in [-0.05, 0) is 24.6 Å². The van der Waals surface area contributed by atoms with Crippen LogP contribution in [0.2, 0.25) is 0 Å². The minimum Gasteiger partial charge on any atom is -0.501 e. The fraction of sp³-hybridized carbons (Fsp3) is 0.0909. The van der Waals surface area contributed by atoms with E-state index in [1.807, 2.05) is 0 Å². The van der Waals surface area contributed by atoms with Crippen molar-refractivity contribution in [3.05, 3.63) is 39.7 Å². The van der Waals surface area contributed by atoms with E-state index in [-0.39, 0.29) is 11.0 Å². The number of carboxylic acid groups (broad SMARTS) is 1. The molecule has 2 N–H and O–H groups in total. The Labute approximate surface area is 89.6 Å². The highest BCUT2D eigenvalue weighted by Crippen LogP contribution is 2.20. The number of aromatic hydroxyl groups is 1. The van der Waals surface area contributed by atoms with Crippen LogP contribution in [0.25, 0.3) is 11.0 Å².